The molecule has 0 fully saturated rings. The monoisotopic (exact) mass is 368 g/mol. The summed E-state index contributed by atoms with van der Waals surface area (Å²) in [6, 6.07) is 14.1. The zero-order chi connectivity index (χ0) is 18.3. The highest BCUT2D eigenvalue weighted by atomic mass is 35.5. The lowest BCUT2D eigenvalue weighted by Gasteiger charge is -2.01. The fourth-order valence-corrected chi connectivity index (χ4v) is 3.10. The van der Waals surface area contributed by atoms with Crippen molar-refractivity contribution in [2.45, 2.75) is 6.92 Å². The van der Waals surface area contributed by atoms with Crippen LogP contribution < -0.4 is 0 Å². The Labute approximate surface area is 154 Å². The van der Waals surface area contributed by atoms with Crippen LogP contribution >= 0.6 is 11.6 Å². The molecule has 0 N–H and O–H groups in total. The number of halogens is 2. The average molecular weight is 369 g/mol. The fraction of sp³-hybridized carbons (Fsp3) is 0.105. The Balaban J connectivity index is 1.89. The maximum Gasteiger partial charge on any atom is 0.186 e. The molecular weight excluding hydrogens is 355 g/mol. The van der Waals surface area contributed by atoms with E-state index in [1.165, 1.54) is 6.07 Å². The molecule has 2 aromatic carbocycles. The fourth-order valence-electron chi connectivity index (χ4n) is 2.85. The van der Waals surface area contributed by atoms with Crippen LogP contribution in [0.5, 0.6) is 0 Å². The summed E-state index contributed by atoms with van der Waals surface area (Å²) in [7, 11) is 1.74. The number of aryl methyl sites for hydroxylation is 2. The van der Waals surface area contributed by atoms with Crippen LogP contribution in [0.15, 0.2) is 53.1 Å². The summed E-state index contributed by atoms with van der Waals surface area (Å²) < 4.78 is 21.2. The molecule has 7 heteroatoms. The second-order valence-electron chi connectivity index (χ2n) is 5.81. The van der Waals surface area contributed by atoms with E-state index in [-0.39, 0.29) is 16.4 Å². The van der Waals surface area contributed by atoms with Gasteiger partial charge in [0.05, 0.1) is 16.1 Å². The molecule has 0 atom stereocenters. The van der Waals surface area contributed by atoms with Crippen molar-refractivity contribution >= 4 is 11.6 Å². The lowest BCUT2D eigenvalue weighted by molar-refractivity contribution is 0.400. The molecule has 0 aliphatic carbocycles. The number of hydrogen-bond donors (Lipinski definition) is 0. The Bertz CT molecular complexity index is 1070. The summed E-state index contributed by atoms with van der Waals surface area (Å²) in [5.41, 5.74) is 2.44. The highest BCUT2D eigenvalue weighted by Crippen LogP contribution is 2.35. The van der Waals surface area contributed by atoms with E-state index in [1.807, 2.05) is 30.3 Å². The molecule has 0 radical (unpaired) electrons. The largest absolute Gasteiger partial charge is 0.360 e. The Kier molecular flexibility index (Phi) is 4.05. The molecule has 0 bridgehead atoms. The predicted octanol–water partition coefficient (Wildman–Crippen LogP) is 4.91. The zero-order valence-corrected chi connectivity index (χ0v) is 14.8. The second kappa shape index (κ2) is 6.38. The molecule has 0 amide bonds. The van der Waals surface area contributed by atoms with Crippen LogP contribution in [0.3, 0.4) is 0 Å². The first kappa shape index (κ1) is 16.5. The van der Waals surface area contributed by atoms with Crippen molar-refractivity contribution < 1.29 is 8.91 Å². The number of hydrogen-bond acceptors (Lipinski definition) is 4. The third-order valence-corrected chi connectivity index (χ3v) is 4.40. The Hall–Kier alpha value is -2.99. The minimum Gasteiger partial charge on any atom is -0.360 e. The van der Waals surface area contributed by atoms with Gasteiger partial charge in [0.25, 0.3) is 0 Å². The summed E-state index contributed by atoms with van der Waals surface area (Å²) >= 11 is 6.15. The van der Waals surface area contributed by atoms with E-state index in [0.717, 1.165) is 5.56 Å². The van der Waals surface area contributed by atoms with Crippen molar-refractivity contribution in [2.24, 2.45) is 7.05 Å². The first-order valence-electron chi connectivity index (χ1n) is 7.93. The summed E-state index contributed by atoms with van der Waals surface area (Å²) in [5, 5.41) is 8.77. The van der Waals surface area contributed by atoms with Gasteiger partial charge in [-0.3, -0.25) is 0 Å². The van der Waals surface area contributed by atoms with Crippen LogP contribution in [-0.4, -0.2) is 19.9 Å². The Morgan fingerprint density at radius 2 is 1.81 bits per heavy atom. The van der Waals surface area contributed by atoms with E-state index >= 15 is 0 Å². The molecule has 4 aromatic rings. The molecule has 130 valence electrons. The van der Waals surface area contributed by atoms with Gasteiger partial charge in [0, 0.05) is 12.6 Å². The molecule has 0 aliphatic heterocycles. The third-order valence-electron chi connectivity index (χ3n) is 4.08. The van der Waals surface area contributed by atoms with E-state index in [9.17, 15) is 4.39 Å². The maximum absolute atomic E-state index is 14.2. The second-order valence-corrected chi connectivity index (χ2v) is 6.21. The van der Waals surface area contributed by atoms with Crippen LogP contribution in [0.2, 0.25) is 5.02 Å². The molecule has 2 heterocycles. The highest BCUT2D eigenvalue weighted by Gasteiger charge is 2.23. The van der Waals surface area contributed by atoms with Gasteiger partial charge in [-0.2, -0.15) is 5.10 Å². The van der Waals surface area contributed by atoms with Crippen molar-refractivity contribution in [3.05, 3.63) is 65.1 Å². The van der Waals surface area contributed by atoms with Gasteiger partial charge >= 0.3 is 0 Å². The molecule has 0 unspecified atom stereocenters. The van der Waals surface area contributed by atoms with Gasteiger partial charge in [-0.1, -0.05) is 53.2 Å². The van der Waals surface area contributed by atoms with Crippen molar-refractivity contribution in [1.29, 1.82) is 0 Å². The molecule has 0 saturated carbocycles. The van der Waals surface area contributed by atoms with Crippen molar-refractivity contribution in [3.63, 3.8) is 0 Å². The first-order valence-corrected chi connectivity index (χ1v) is 8.31. The third kappa shape index (κ3) is 2.68. The van der Waals surface area contributed by atoms with E-state index in [2.05, 4.69) is 15.2 Å². The van der Waals surface area contributed by atoms with Crippen molar-refractivity contribution in [2.75, 3.05) is 0 Å². The summed E-state index contributed by atoms with van der Waals surface area (Å²) in [5.74, 6) is 0.868. The van der Waals surface area contributed by atoms with Crippen LogP contribution in [0.4, 0.5) is 4.39 Å². The van der Waals surface area contributed by atoms with Gasteiger partial charge < -0.3 is 4.52 Å². The van der Waals surface area contributed by atoms with Gasteiger partial charge in [0.1, 0.15) is 17.3 Å². The lowest BCUT2D eigenvalue weighted by Crippen LogP contribution is -1.96. The summed E-state index contributed by atoms with van der Waals surface area (Å²) in [6.07, 6.45) is 0. The minimum atomic E-state index is -0.472. The molecule has 26 heavy (non-hydrogen) atoms. The predicted molar refractivity (Wildman–Crippen MR) is 97.1 cm³/mol. The summed E-state index contributed by atoms with van der Waals surface area (Å²) in [4.78, 5) is 4.52. The van der Waals surface area contributed by atoms with Crippen LogP contribution in [0.1, 0.15) is 5.76 Å². The van der Waals surface area contributed by atoms with Crippen LogP contribution in [0, 0.1) is 12.7 Å². The lowest BCUT2D eigenvalue weighted by atomic mass is 10.1. The standard InChI is InChI=1S/C19H14ClFN4O/c1-11-15(17(24-26-11)12-7-4-3-5-8-12)19-22-18(23-25(19)2)16-13(20)9-6-10-14(16)21/h3-10H,1-2H3. The highest BCUT2D eigenvalue weighted by molar-refractivity contribution is 6.33. The number of benzene rings is 2. The number of rotatable bonds is 3. The van der Waals surface area contributed by atoms with E-state index < -0.39 is 5.82 Å². The Morgan fingerprint density at radius 1 is 1.04 bits per heavy atom. The van der Waals surface area contributed by atoms with Gasteiger partial charge in [-0.05, 0) is 19.1 Å². The average Bonchev–Trinajstić information content (AvgIpc) is 3.18. The number of aromatic nitrogens is 4. The van der Waals surface area contributed by atoms with E-state index in [0.29, 0.717) is 22.8 Å². The van der Waals surface area contributed by atoms with Gasteiger partial charge in [-0.15, -0.1) is 0 Å². The molecular formula is C19H14ClFN4O. The minimum absolute atomic E-state index is 0.173. The summed E-state index contributed by atoms with van der Waals surface area (Å²) in [6.45, 7) is 1.80. The van der Waals surface area contributed by atoms with Gasteiger partial charge in [0.15, 0.2) is 11.6 Å². The molecule has 5 nitrogen and oxygen atoms in total. The van der Waals surface area contributed by atoms with Crippen molar-refractivity contribution in [1.82, 2.24) is 19.9 Å². The van der Waals surface area contributed by atoms with E-state index in [1.54, 1.807) is 30.8 Å². The molecule has 2 aromatic heterocycles. The molecule has 0 saturated heterocycles. The van der Waals surface area contributed by atoms with Crippen LogP contribution in [0.25, 0.3) is 34.0 Å². The Morgan fingerprint density at radius 3 is 2.54 bits per heavy atom. The zero-order valence-electron chi connectivity index (χ0n) is 14.1. The van der Waals surface area contributed by atoms with Crippen LogP contribution in [-0.2, 0) is 7.05 Å². The normalized spacial score (nSPS) is 11.1. The molecule has 4 rings (SSSR count). The smallest absolute Gasteiger partial charge is 0.186 e. The molecule has 0 spiro atoms. The van der Waals surface area contributed by atoms with Gasteiger partial charge in [-0.25, -0.2) is 14.1 Å². The van der Waals surface area contributed by atoms with E-state index in [4.69, 9.17) is 16.1 Å². The SMILES string of the molecule is Cc1onc(-c2ccccc2)c1-c1nc(-c2c(F)cccc2Cl)nn1C. The van der Waals surface area contributed by atoms with Crippen molar-refractivity contribution in [3.8, 4) is 34.0 Å². The first-order chi connectivity index (χ1) is 12.6. The topological polar surface area (TPSA) is 56.7 Å². The molecule has 0 aliphatic rings. The maximum atomic E-state index is 14.2. The van der Waals surface area contributed by atoms with Gasteiger partial charge in [0.2, 0.25) is 0 Å². The number of nitrogens with zero attached hydrogens (tertiary/aromatic N) is 4. The quantitative estimate of drug-likeness (QED) is 0.515.